The highest BCUT2D eigenvalue weighted by Crippen LogP contribution is 2.39. The van der Waals surface area contributed by atoms with Crippen LogP contribution in [0.15, 0.2) is 59.6 Å². The van der Waals surface area contributed by atoms with E-state index >= 15 is 0 Å². The molecule has 126 valence electrons. The monoisotopic (exact) mass is 349 g/mol. The Morgan fingerprint density at radius 2 is 1.80 bits per heavy atom. The molecule has 1 heterocycles. The minimum absolute atomic E-state index is 0.0181. The zero-order valence-electron chi connectivity index (χ0n) is 13.8. The number of fused-ring (bicyclic) bond motifs is 1. The summed E-state index contributed by atoms with van der Waals surface area (Å²) in [7, 11) is 0. The van der Waals surface area contributed by atoms with Crippen molar-refractivity contribution in [1.82, 2.24) is 15.3 Å². The van der Waals surface area contributed by atoms with E-state index in [9.17, 15) is 4.79 Å². The number of hydrogen-bond donors (Lipinski definition) is 1. The highest BCUT2D eigenvalue weighted by molar-refractivity contribution is 8.00. The molecule has 1 fully saturated rings. The molecule has 0 spiro atoms. The smallest absolute Gasteiger partial charge is 0.230 e. The summed E-state index contributed by atoms with van der Waals surface area (Å²) in [5.41, 5.74) is 2.07. The Bertz CT molecular complexity index is 894. The number of para-hydroxylation sites is 1. The third-order valence-electron chi connectivity index (χ3n) is 4.20. The van der Waals surface area contributed by atoms with Crippen LogP contribution in [0.5, 0.6) is 0 Å². The predicted molar refractivity (Wildman–Crippen MR) is 101 cm³/mol. The van der Waals surface area contributed by atoms with Crippen molar-refractivity contribution in [2.45, 2.75) is 30.3 Å². The van der Waals surface area contributed by atoms with E-state index in [1.807, 2.05) is 54.6 Å². The van der Waals surface area contributed by atoms with Crippen LogP contribution in [0.2, 0.25) is 0 Å². The summed E-state index contributed by atoms with van der Waals surface area (Å²) < 4.78 is 0. The van der Waals surface area contributed by atoms with Crippen molar-refractivity contribution in [3.63, 3.8) is 0 Å². The Balaban J connectivity index is 1.44. The summed E-state index contributed by atoms with van der Waals surface area (Å²) in [5.74, 6) is 1.80. The van der Waals surface area contributed by atoms with Crippen LogP contribution in [0.4, 0.5) is 0 Å². The van der Waals surface area contributed by atoms with E-state index in [2.05, 4.69) is 10.3 Å². The Labute approximate surface area is 151 Å². The van der Waals surface area contributed by atoms with Gasteiger partial charge in [-0.1, -0.05) is 60.3 Å². The van der Waals surface area contributed by atoms with Crippen LogP contribution in [0, 0.1) is 0 Å². The van der Waals surface area contributed by atoms with E-state index < -0.39 is 0 Å². The molecule has 1 aliphatic rings. The minimum atomic E-state index is 0.0181. The van der Waals surface area contributed by atoms with Crippen LogP contribution in [-0.4, -0.2) is 21.6 Å². The fourth-order valence-corrected chi connectivity index (χ4v) is 3.54. The topological polar surface area (TPSA) is 54.9 Å². The van der Waals surface area contributed by atoms with Gasteiger partial charge in [0.1, 0.15) is 10.9 Å². The van der Waals surface area contributed by atoms with E-state index in [0.717, 1.165) is 27.3 Å². The zero-order valence-corrected chi connectivity index (χ0v) is 14.6. The lowest BCUT2D eigenvalue weighted by atomic mass is 10.2. The highest BCUT2D eigenvalue weighted by Gasteiger charge is 2.27. The number of nitrogens with zero attached hydrogens (tertiary/aromatic N) is 2. The Morgan fingerprint density at radius 1 is 1.04 bits per heavy atom. The zero-order chi connectivity index (χ0) is 17.1. The Kier molecular flexibility index (Phi) is 4.65. The van der Waals surface area contributed by atoms with Gasteiger partial charge in [0, 0.05) is 17.8 Å². The average molecular weight is 349 g/mol. The van der Waals surface area contributed by atoms with Crippen molar-refractivity contribution in [2.75, 3.05) is 5.75 Å². The second-order valence-electron chi connectivity index (χ2n) is 6.23. The number of rotatable bonds is 6. The van der Waals surface area contributed by atoms with Crippen LogP contribution in [0.3, 0.4) is 0 Å². The molecule has 1 amide bonds. The second kappa shape index (κ2) is 7.23. The summed E-state index contributed by atoms with van der Waals surface area (Å²) in [5, 5.41) is 4.89. The van der Waals surface area contributed by atoms with Crippen molar-refractivity contribution in [3.8, 4) is 0 Å². The Hall–Kier alpha value is -2.40. The van der Waals surface area contributed by atoms with Crippen LogP contribution < -0.4 is 5.32 Å². The third kappa shape index (κ3) is 3.99. The van der Waals surface area contributed by atoms with E-state index in [1.165, 1.54) is 24.6 Å². The number of thioether (sulfide) groups is 1. The minimum Gasteiger partial charge on any atom is -0.351 e. The Morgan fingerprint density at radius 3 is 2.60 bits per heavy atom. The van der Waals surface area contributed by atoms with Crippen molar-refractivity contribution >= 4 is 28.6 Å². The van der Waals surface area contributed by atoms with E-state index in [-0.39, 0.29) is 5.91 Å². The van der Waals surface area contributed by atoms with E-state index in [4.69, 9.17) is 4.98 Å². The van der Waals surface area contributed by atoms with Gasteiger partial charge in [-0.2, -0.15) is 0 Å². The number of carbonyl (C=O) groups excluding carboxylic acids is 1. The molecule has 2 aromatic carbocycles. The number of amides is 1. The lowest BCUT2D eigenvalue weighted by molar-refractivity contribution is -0.118. The van der Waals surface area contributed by atoms with Gasteiger partial charge in [-0.05, 0) is 24.5 Å². The molecule has 0 aliphatic heterocycles. The lowest BCUT2D eigenvalue weighted by Crippen LogP contribution is -2.24. The first-order chi connectivity index (χ1) is 12.3. The van der Waals surface area contributed by atoms with E-state index in [1.54, 1.807) is 0 Å². The largest absolute Gasteiger partial charge is 0.351 e. The molecule has 0 bridgehead atoms. The fourth-order valence-electron chi connectivity index (χ4n) is 2.68. The molecular weight excluding hydrogens is 330 g/mol. The van der Waals surface area contributed by atoms with Gasteiger partial charge in [-0.15, -0.1) is 0 Å². The quantitative estimate of drug-likeness (QED) is 0.541. The SMILES string of the molecule is O=C(CSc1nc(C2CC2)nc2ccccc12)NCc1ccccc1. The normalized spacial score (nSPS) is 13.8. The number of carbonyl (C=O) groups is 1. The maximum absolute atomic E-state index is 12.2. The first kappa shape index (κ1) is 16.1. The summed E-state index contributed by atoms with van der Waals surface area (Å²) >= 11 is 1.49. The van der Waals surface area contributed by atoms with Gasteiger partial charge < -0.3 is 5.32 Å². The first-order valence-electron chi connectivity index (χ1n) is 8.50. The van der Waals surface area contributed by atoms with Gasteiger partial charge in [-0.3, -0.25) is 4.79 Å². The number of hydrogen-bond acceptors (Lipinski definition) is 4. The molecule has 0 unspecified atom stereocenters. The van der Waals surface area contributed by atoms with E-state index in [0.29, 0.717) is 18.2 Å². The number of nitrogens with one attached hydrogen (secondary N) is 1. The first-order valence-corrected chi connectivity index (χ1v) is 9.48. The summed E-state index contributed by atoms with van der Waals surface area (Å²) in [4.78, 5) is 21.6. The fraction of sp³-hybridized carbons (Fsp3) is 0.250. The molecule has 0 saturated heterocycles. The van der Waals surface area contributed by atoms with Crippen LogP contribution in [0.25, 0.3) is 10.9 Å². The number of aromatic nitrogens is 2. The average Bonchev–Trinajstić information content (AvgIpc) is 3.50. The van der Waals surface area contributed by atoms with Gasteiger partial charge in [0.15, 0.2) is 0 Å². The molecule has 0 radical (unpaired) electrons. The molecule has 1 saturated carbocycles. The summed E-state index contributed by atoms with van der Waals surface area (Å²) in [6.07, 6.45) is 2.33. The second-order valence-corrected chi connectivity index (χ2v) is 7.19. The maximum Gasteiger partial charge on any atom is 0.230 e. The summed E-state index contributed by atoms with van der Waals surface area (Å²) in [6, 6.07) is 18.0. The maximum atomic E-state index is 12.2. The molecule has 25 heavy (non-hydrogen) atoms. The highest BCUT2D eigenvalue weighted by atomic mass is 32.2. The standard InChI is InChI=1S/C20H19N3OS/c24-18(21-12-14-6-2-1-3-7-14)13-25-20-16-8-4-5-9-17(16)22-19(23-20)15-10-11-15/h1-9,15H,10-13H2,(H,21,24). The summed E-state index contributed by atoms with van der Waals surface area (Å²) in [6.45, 7) is 0.554. The molecule has 1 N–H and O–H groups in total. The van der Waals surface area contributed by atoms with Crippen molar-refractivity contribution < 1.29 is 4.79 Å². The molecule has 4 rings (SSSR count). The van der Waals surface area contributed by atoms with Crippen LogP contribution in [0.1, 0.15) is 30.1 Å². The van der Waals surface area contributed by atoms with Gasteiger partial charge in [-0.25, -0.2) is 9.97 Å². The van der Waals surface area contributed by atoms with Crippen LogP contribution >= 0.6 is 11.8 Å². The molecule has 3 aromatic rings. The van der Waals surface area contributed by atoms with Gasteiger partial charge in [0.25, 0.3) is 0 Å². The van der Waals surface area contributed by atoms with Crippen LogP contribution in [-0.2, 0) is 11.3 Å². The number of benzene rings is 2. The molecule has 0 atom stereocenters. The van der Waals surface area contributed by atoms with Gasteiger partial charge >= 0.3 is 0 Å². The molecule has 1 aromatic heterocycles. The molecule has 1 aliphatic carbocycles. The predicted octanol–water partition coefficient (Wildman–Crippen LogP) is 3.92. The van der Waals surface area contributed by atoms with Crippen molar-refractivity contribution in [2.24, 2.45) is 0 Å². The van der Waals surface area contributed by atoms with Crippen molar-refractivity contribution in [1.29, 1.82) is 0 Å². The van der Waals surface area contributed by atoms with Gasteiger partial charge in [0.05, 0.1) is 11.3 Å². The van der Waals surface area contributed by atoms with Crippen molar-refractivity contribution in [3.05, 3.63) is 66.0 Å². The third-order valence-corrected chi connectivity index (χ3v) is 5.19. The lowest BCUT2D eigenvalue weighted by Gasteiger charge is -2.08. The molecular formula is C20H19N3OS. The van der Waals surface area contributed by atoms with Gasteiger partial charge in [0.2, 0.25) is 5.91 Å². The molecule has 5 heteroatoms. The molecule has 4 nitrogen and oxygen atoms in total.